The van der Waals surface area contributed by atoms with Gasteiger partial charge in [0.1, 0.15) is 18.4 Å². The van der Waals surface area contributed by atoms with E-state index < -0.39 is 39.9 Å². The number of hydrogen-bond acceptors (Lipinski definition) is 4. The molecule has 0 aliphatic rings. The lowest BCUT2D eigenvalue weighted by atomic mass is 10.1. The zero-order valence-corrected chi connectivity index (χ0v) is 21.6. The minimum atomic E-state index is -3.89. The summed E-state index contributed by atoms with van der Waals surface area (Å²) < 4.78 is 39.3. The van der Waals surface area contributed by atoms with E-state index in [2.05, 4.69) is 5.32 Å². The van der Waals surface area contributed by atoms with Crippen LogP contribution in [0.15, 0.2) is 48.5 Å². The van der Waals surface area contributed by atoms with E-state index in [0.29, 0.717) is 17.0 Å². The van der Waals surface area contributed by atoms with Gasteiger partial charge in [-0.2, -0.15) is 0 Å². The minimum Gasteiger partial charge on any atom is -0.350 e. The molecule has 0 saturated heterocycles. The Labute approximate surface area is 205 Å². The number of hydrogen-bond donors (Lipinski definition) is 1. The number of benzene rings is 2. The molecule has 0 spiro atoms. The Hall–Kier alpha value is -2.65. The number of nitrogens with one attached hydrogen (secondary N) is 1. The number of rotatable bonds is 9. The van der Waals surface area contributed by atoms with E-state index in [1.807, 2.05) is 20.8 Å². The second kappa shape index (κ2) is 11.2. The summed E-state index contributed by atoms with van der Waals surface area (Å²) in [6.45, 7) is 6.71. The van der Waals surface area contributed by atoms with Gasteiger partial charge >= 0.3 is 0 Å². The largest absolute Gasteiger partial charge is 0.350 e. The van der Waals surface area contributed by atoms with E-state index in [0.717, 1.165) is 22.7 Å². The highest BCUT2D eigenvalue weighted by atomic mass is 35.5. The van der Waals surface area contributed by atoms with Crippen molar-refractivity contribution in [3.05, 3.63) is 64.9 Å². The molecule has 0 fully saturated rings. The number of halogens is 2. The van der Waals surface area contributed by atoms with Crippen LogP contribution in [-0.4, -0.2) is 49.5 Å². The number of amides is 2. The van der Waals surface area contributed by atoms with Crippen molar-refractivity contribution >= 4 is 39.1 Å². The molecule has 0 aliphatic heterocycles. The Kier molecular flexibility index (Phi) is 9.08. The molecular formula is C24H31ClFN3O4S. The molecule has 2 aromatic rings. The Balaban J connectivity index is 2.46. The Morgan fingerprint density at radius 3 is 2.18 bits per heavy atom. The van der Waals surface area contributed by atoms with Crippen LogP contribution >= 0.6 is 11.6 Å². The highest BCUT2D eigenvalue weighted by Gasteiger charge is 2.33. The van der Waals surface area contributed by atoms with Gasteiger partial charge < -0.3 is 10.2 Å². The van der Waals surface area contributed by atoms with Crippen molar-refractivity contribution in [3.63, 3.8) is 0 Å². The molecule has 10 heteroatoms. The smallest absolute Gasteiger partial charge is 0.244 e. The lowest BCUT2D eigenvalue weighted by molar-refractivity contribution is -0.141. The van der Waals surface area contributed by atoms with Crippen LogP contribution in [0.5, 0.6) is 0 Å². The highest BCUT2D eigenvalue weighted by molar-refractivity contribution is 7.92. The predicted octanol–water partition coefficient (Wildman–Crippen LogP) is 3.97. The van der Waals surface area contributed by atoms with E-state index in [1.54, 1.807) is 31.2 Å². The van der Waals surface area contributed by atoms with Crippen molar-refractivity contribution in [3.8, 4) is 0 Å². The van der Waals surface area contributed by atoms with Gasteiger partial charge in [0, 0.05) is 17.1 Å². The van der Waals surface area contributed by atoms with Crippen LogP contribution in [0.3, 0.4) is 0 Å². The van der Waals surface area contributed by atoms with E-state index in [9.17, 15) is 22.4 Å². The first-order chi connectivity index (χ1) is 15.7. The van der Waals surface area contributed by atoms with Gasteiger partial charge in [-0.15, -0.1) is 0 Å². The summed E-state index contributed by atoms with van der Waals surface area (Å²) in [6.07, 6.45) is 1.26. The molecule has 1 N–H and O–H groups in total. The van der Waals surface area contributed by atoms with Gasteiger partial charge in [-0.25, -0.2) is 12.8 Å². The van der Waals surface area contributed by atoms with Gasteiger partial charge in [0.25, 0.3) is 0 Å². The molecular weight excluding hydrogens is 481 g/mol. The highest BCUT2D eigenvalue weighted by Crippen LogP contribution is 2.22. The van der Waals surface area contributed by atoms with E-state index in [-0.39, 0.29) is 18.1 Å². The molecule has 2 rings (SSSR count). The molecule has 0 aromatic heterocycles. The monoisotopic (exact) mass is 511 g/mol. The first kappa shape index (κ1) is 27.6. The third-order valence-electron chi connectivity index (χ3n) is 4.98. The fraction of sp³-hybridized carbons (Fsp3) is 0.417. The normalized spacial score (nSPS) is 12.7. The molecule has 186 valence electrons. The molecule has 0 heterocycles. The third-order valence-corrected chi connectivity index (χ3v) is 6.49. The molecule has 2 amide bonds. The van der Waals surface area contributed by atoms with Crippen LogP contribution in [0, 0.1) is 5.82 Å². The zero-order chi connectivity index (χ0) is 25.7. The van der Waals surface area contributed by atoms with Gasteiger partial charge in [-0.3, -0.25) is 13.9 Å². The van der Waals surface area contributed by atoms with Crippen molar-refractivity contribution in [2.24, 2.45) is 0 Å². The summed E-state index contributed by atoms with van der Waals surface area (Å²) in [6, 6.07) is 10.9. The Morgan fingerprint density at radius 2 is 1.68 bits per heavy atom. The first-order valence-electron chi connectivity index (χ1n) is 10.8. The average Bonchev–Trinajstić information content (AvgIpc) is 2.71. The van der Waals surface area contributed by atoms with Crippen LogP contribution in [0.1, 0.15) is 39.7 Å². The van der Waals surface area contributed by atoms with Gasteiger partial charge in [0.2, 0.25) is 21.8 Å². The second-order valence-corrected chi connectivity index (χ2v) is 11.3. The predicted molar refractivity (Wildman–Crippen MR) is 133 cm³/mol. The average molecular weight is 512 g/mol. The van der Waals surface area contributed by atoms with Crippen LogP contribution in [0.2, 0.25) is 5.02 Å². The topological polar surface area (TPSA) is 86.8 Å². The fourth-order valence-corrected chi connectivity index (χ4v) is 4.45. The lowest BCUT2D eigenvalue weighted by Gasteiger charge is -2.34. The Bertz CT molecular complexity index is 1120. The summed E-state index contributed by atoms with van der Waals surface area (Å²) in [4.78, 5) is 28.0. The number of carbonyl (C=O) groups is 2. The molecule has 0 unspecified atom stereocenters. The van der Waals surface area contributed by atoms with Crippen LogP contribution in [0.4, 0.5) is 10.1 Å². The molecule has 1 atom stereocenters. The van der Waals surface area contributed by atoms with Gasteiger partial charge in [0.05, 0.1) is 11.9 Å². The van der Waals surface area contributed by atoms with Crippen molar-refractivity contribution in [2.75, 3.05) is 17.1 Å². The fourth-order valence-electron chi connectivity index (χ4n) is 3.40. The van der Waals surface area contributed by atoms with Gasteiger partial charge in [-0.1, -0.05) is 36.7 Å². The van der Waals surface area contributed by atoms with E-state index >= 15 is 0 Å². The summed E-state index contributed by atoms with van der Waals surface area (Å²) in [5.41, 5.74) is 0.227. The molecule has 0 radical (unpaired) electrons. The summed E-state index contributed by atoms with van der Waals surface area (Å²) in [5, 5.41) is 3.31. The molecule has 2 aromatic carbocycles. The van der Waals surface area contributed by atoms with Crippen LogP contribution in [-0.2, 0) is 26.2 Å². The summed E-state index contributed by atoms with van der Waals surface area (Å²) in [5.74, 6) is -1.48. The number of sulfonamides is 1. The third kappa shape index (κ3) is 7.70. The molecule has 0 saturated carbocycles. The summed E-state index contributed by atoms with van der Waals surface area (Å²) in [7, 11) is -3.89. The molecule has 0 bridgehead atoms. The SMILES string of the molecule is CC[C@H](C(=O)NC(C)(C)C)N(Cc1ccccc1Cl)C(=O)CN(c1ccc(F)cc1)S(C)(=O)=O. The Morgan fingerprint density at radius 1 is 1.09 bits per heavy atom. The number of nitrogens with zero attached hydrogens (tertiary/aromatic N) is 2. The van der Waals surface area contributed by atoms with Crippen LogP contribution < -0.4 is 9.62 Å². The lowest BCUT2D eigenvalue weighted by Crippen LogP contribution is -2.55. The summed E-state index contributed by atoms with van der Waals surface area (Å²) >= 11 is 6.32. The van der Waals surface area contributed by atoms with Gasteiger partial charge in [0.15, 0.2) is 0 Å². The van der Waals surface area contributed by atoms with Crippen LogP contribution in [0.25, 0.3) is 0 Å². The van der Waals surface area contributed by atoms with Crippen molar-refractivity contribution in [1.29, 1.82) is 0 Å². The minimum absolute atomic E-state index is 0.00952. The molecule has 34 heavy (non-hydrogen) atoms. The second-order valence-electron chi connectivity index (χ2n) is 9.02. The number of anilines is 1. The standard InChI is InChI=1S/C24H31ClFN3O4S/c1-6-21(23(31)27-24(2,3)4)28(15-17-9-7-8-10-20(17)25)22(30)16-29(34(5,32)33)19-13-11-18(26)12-14-19/h7-14,21H,6,15-16H2,1-5H3,(H,27,31)/t21-/m1/s1. The van der Waals surface area contributed by atoms with E-state index in [1.165, 1.54) is 17.0 Å². The van der Waals surface area contributed by atoms with Crippen molar-refractivity contribution in [1.82, 2.24) is 10.2 Å². The van der Waals surface area contributed by atoms with Crippen molar-refractivity contribution < 1.29 is 22.4 Å². The first-order valence-corrected chi connectivity index (χ1v) is 13.0. The van der Waals surface area contributed by atoms with E-state index in [4.69, 9.17) is 11.6 Å². The quantitative estimate of drug-likeness (QED) is 0.552. The molecule has 7 nitrogen and oxygen atoms in total. The maximum atomic E-state index is 13.5. The van der Waals surface area contributed by atoms with Crippen molar-refractivity contribution in [2.45, 2.75) is 52.2 Å². The zero-order valence-electron chi connectivity index (χ0n) is 20.0. The van der Waals surface area contributed by atoms with Gasteiger partial charge in [-0.05, 0) is 63.1 Å². The number of carbonyl (C=O) groups excluding carboxylic acids is 2. The maximum absolute atomic E-state index is 13.5. The molecule has 0 aliphatic carbocycles. The maximum Gasteiger partial charge on any atom is 0.244 e.